The number of benzene rings is 1. The zero-order valence-electron chi connectivity index (χ0n) is 6.45. The Kier molecular flexibility index (Phi) is 2.55. The van der Waals surface area contributed by atoms with E-state index in [0.717, 1.165) is 4.90 Å². The summed E-state index contributed by atoms with van der Waals surface area (Å²) in [7, 11) is 1.40. The van der Waals surface area contributed by atoms with Gasteiger partial charge in [-0.05, 0) is 18.2 Å². The smallest absolute Gasteiger partial charge is 0.278 e. The van der Waals surface area contributed by atoms with Gasteiger partial charge in [-0.2, -0.15) is 0 Å². The molecular weight excluding hydrogens is 178 g/mol. The molecule has 4 heteroatoms. The molecule has 12 heavy (non-hydrogen) atoms. The molecule has 0 saturated heterocycles. The number of carbonyl (C=O) groups excluding carboxylic acids is 1. The average Bonchev–Trinajstić information content (AvgIpc) is 2.03. The molecule has 0 bridgehead atoms. The predicted octanol–water partition coefficient (Wildman–Crippen LogP) is 2.33. The maximum Gasteiger partial charge on any atom is 0.457 e. The van der Waals surface area contributed by atoms with E-state index in [4.69, 9.17) is 11.6 Å². The van der Waals surface area contributed by atoms with Gasteiger partial charge in [-0.25, -0.2) is 9.90 Å². The SMILES string of the molecule is CN(C([O])=O)c1cccc(Cl)c1. The zero-order valence-corrected chi connectivity index (χ0v) is 7.21. The van der Waals surface area contributed by atoms with Gasteiger partial charge in [0.2, 0.25) is 0 Å². The lowest BCUT2D eigenvalue weighted by atomic mass is 10.3. The zero-order chi connectivity index (χ0) is 9.14. The molecular formula is C8H7ClNO2. The van der Waals surface area contributed by atoms with Crippen LogP contribution in [0.1, 0.15) is 0 Å². The molecule has 1 aromatic carbocycles. The van der Waals surface area contributed by atoms with Crippen LogP contribution < -0.4 is 4.90 Å². The minimum Gasteiger partial charge on any atom is -0.278 e. The molecule has 0 atom stereocenters. The highest BCUT2D eigenvalue weighted by molar-refractivity contribution is 6.30. The molecule has 0 aliphatic carbocycles. The first kappa shape index (κ1) is 8.87. The highest BCUT2D eigenvalue weighted by Gasteiger charge is 2.09. The number of hydrogen-bond donors (Lipinski definition) is 0. The first-order valence-electron chi connectivity index (χ1n) is 3.31. The van der Waals surface area contributed by atoms with Crippen LogP contribution in [0.4, 0.5) is 10.5 Å². The van der Waals surface area contributed by atoms with E-state index in [-0.39, 0.29) is 0 Å². The van der Waals surface area contributed by atoms with Crippen LogP contribution in [0.25, 0.3) is 0 Å². The number of nitrogens with zero attached hydrogens (tertiary/aromatic N) is 1. The lowest BCUT2D eigenvalue weighted by Crippen LogP contribution is -2.22. The van der Waals surface area contributed by atoms with Crippen LogP contribution in [0.5, 0.6) is 0 Å². The number of rotatable bonds is 1. The minimum absolute atomic E-state index is 0.501. The molecule has 3 nitrogen and oxygen atoms in total. The standard InChI is InChI=1S/C8H7ClNO2/c1-10(8(11)12)7-4-2-3-6(9)5-7/h2-5H,1H3. The van der Waals surface area contributed by atoms with Crippen molar-refractivity contribution in [3.05, 3.63) is 29.3 Å². The van der Waals surface area contributed by atoms with Crippen LogP contribution in [0.3, 0.4) is 0 Å². The first-order chi connectivity index (χ1) is 5.61. The van der Waals surface area contributed by atoms with Crippen molar-refractivity contribution in [1.82, 2.24) is 0 Å². The van der Waals surface area contributed by atoms with E-state index < -0.39 is 6.09 Å². The number of anilines is 1. The average molecular weight is 185 g/mol. The van der Waals surface area contributed by atoms with Crippen molar-refractivity contribution < 1.29 is 9.90 Å². The van der Waals surface area contributed by atoms with Crippen molar-refractivity contribution in [2.24, 2.45) is 0 Å². The number of carbonyl (C=O) groups is 1. The number of halogens is 1. The van der Waals surface area contributed by atoms with Gasteiger partial charge in [0.15, 0.2) is 0 Å². The van der Waals surface area contributed by atoms with Gasteiger partial charge >= 0.3 is 6.09 Å². The second kappa shape index (κ2) is 3.45. The summed E-state index contributed by atoms with van der Waals surface area (Å²) in [5, 5.41) is 10.9. The Bertz CT molecular complexity index is 301. The van der Waals surface area contributed by atoms with Crippen LogP contribution in [-0.4, -0.2) is 13.1 Å². The second-order valence-corrected chi connectivity index (χ2v) is 2.74. The van der Waals surface area contributed by atoms with E-state index in [1.54, 1.807) is 24.3 Å². The molecule has 0 unspecified atom stereocenters. The fourth-order valence-corrected chi connectivity index (χ4v) is 0.975. The Morgan fingerprint density at radius 2 is 2.17 bits per heavy atom. The molecule has 1 rings (SSSR count). The van der Waals surface area contributed by atoms with Crippen molar-refractivity contribution in [2.45, 2.75) is 0 Å². The fourth-order valence-electron chi connectivity index (χ4n) is 0.790. The molecule has 0 aromatic heterocycles. The summed E-state index contributed by atoms with van der Waals surface area (Å²) in [6.45, 7) is 0. The van der Waals surface area contributed by atoms with Gasteiger partial charge in [0.1, 0.15) is 0 Å². The summed E-state index contributed by atoms with van der Waals surface area (Å²) >= 11 is 5.65. The highest BCUT2D eigenvalue weighted by atomic mass is 35.5. The van der Waals surface area contributed by atoms with Gasteiger partial charge in [-0.1, -0.05) is 17.7 Å². The minimum atomic E-state index is -1.25. The van der Waals surface area contributed by atoms with Crippen molar-refractivity contribution in [2.75, 3.05) is 11.9 Å². The largest absolute Gasteiger partial charge is 0.457 e. The topological polar surface area (TPSA) is 40.2 Å². The molecule has 0 aliphatic rings. The van der Waals surface area contributed by atoms with Gasteiger partial charge in [-0.3, -0.25) is 4.90 Å². The van der Waals surface area contributed by atoms with Gasteiger partial charge in [0, 0.05) is 17.8 Å². The van der Waals surface area contributed by atoms with Crippen LogP contribution in [0.2, 0.25) is 5.02 Å². The molecule has 63 valence electrons. The Morgan fingerprint density at radius 3 is 2.67 bits per heavy atom. The summed E-state index contributed by atoms with van der Waals surface area (Å²) in [4.78, 5) is 11.4. The first-order valence-corrected chi connectivity index (χ1v) is 3.69. The maximum absolute atomic E-state index is 10.4. The lowest BCUT2D eigenvalue weighted by molar-refractivity contribution is 0.178. The summed E-state index contributed by atoms with van der Waals surface area (Å²) < 4.78 is 0. The third-order valence-electron chi connectivity index (χ3n) is 1.47. The lowest BCUT2D eigenvalue weighted by Gasteiger charge is -2.10. The van der Waals surface area contributed by atoms with Crippen molar-refractivity contribution >= 4 is 23.4 Å². The fraction of sp³-hybridized carbons (Fsp3) is 0.125. The summed E-state index contributed by atoms with van der Waals surface area (Å²) in [5.41, 5.74) is 0.502. The third kappa shape index (κ3) is 1.89. The van der Waals surface area contributed by atoms with Gasteiger partial charge in [-0.15, -0.1) is 0 Å². The van der Waals surface area contributed by atoms with Crippen LogP contribution in [0, 0.1) is 0 Å². The van der Waals surface area contributed by atoms with Gasteiger partial charge in [0.25, 0.3) is 0 Å². The normalized spacial score (nSPS) is 9.50. The molecule has 1 amide bonds. The van der Waals surface area contributed by atoms with Gasteiger partial charge < -0.3 is 0 Å². The van der Waals surface area contributed by atoms with Crippen molar-refractivity contribution in [3.8, 4) is 0 Å². The van der Waals surface area contributed by atoms with E-state index in [9.17, 15) is 9.90 Å². The Balaban J connectivity index is 2.95. The Hall–Kier alpha value is -1.22. The third-order valence-corrected chi connectivity index (χ3v) is 1.70. The van der Waals surface area contributed by atoms with Crippen LogP contribution in [0.15, 0.2) is 24.3 Å². The van der Waals surface area contributed by atoms with E-state index in [1.807, 2.05) is 0 Å². The summed E-state index contributed by atoms with van der Waals surface area (Å²) in [6.07, 6.45) is -1.25. The summed E-state index contributed by atoms with van der Waals surface area (Å²) in [5.74, 6) is 0. The monoisotopic (exact) mass is 184 g/mol. The predicted molar refractivity (Wildman–Crippen MR) is 45.9 cm³/mol. The van der Waals surface area contributed by atoms with Crippen molar-refractivity contribution in [3.63, 3.8) is 0 Å². The number of amides is 1. The maximum atomic E-state index is 10.4. The Labute approximate surface area is 75.2 Å². The molecule has 0 spiro atoms. The highest BCUT2D eigenvalue weighted by Crippen LogP contribution is 2.17. The van der Waals surface area contributed by atoms with E-state index >= 15 is 0 Å². The second-order valence-electron chi connectivity index (χ2n) is 2.30. The Morgan fingerprint density at radius 1 is 1.50 bits per heavy atom. The van der Waals surface area contributed by atoms with Crippen LogP contribution in [-0.2, 0) is 5.11 Å². The van der Waals surface area contributed by atoms with Gasteiger partial charge in [0.05, 0.1) is 0 Å². The molecule has 0 aliphatic heterocycles. The summed E-state index contributed by atoms with van der Waals surface area (Å²) in [6, 6.07) is 6.55. The molecule has 1 radical (unpaired) electrons. The van der Waals surface area contributed by atoms with E-state index in [1.165, 1.54) is 7.05 Å². The van der Waals surface area contributed by atoms with E-state index in [2.05, 4.69) is 0 Å². The molecule has 0 saturated carbocycles. The molecule has 0 heterocycles. The van der Waals surface area contributed by atoms with E-state index in [0.29, 0.717) is 10.7 Å². The quantitative estimate of drug-likeness (QED) is 0.660. The van der Waals surface area contributed by atoms with Crippen molar-refractivity contribution in [1.29, 1.82) is 0 Å². The molecule has 0 fully saturated rings. The number of hydrogen-bond acceptors (Lipinski definition) is 1. The molecule has 1 aromatic rings. The molecule has 0 N–H and O–H groups in total. The van der Waals surface area contributed by atoms with Crippen LogP contribution >= 0.6 is 11.6 Å².